The summed E-state index contributed by atoms with van der Waals surface area (Å²) < 4.78 is 0. The molecule has 3 aliphatic rings. The van der Waals surface area contributed by atoms with Gasteiger partial charge in [-0.3, -0.25) is 4.90 Å². The van der Waals surface area contributed by atoms with Gasteiger partial charge in [-0.15, -0.1) is 0 Å². The Morgan fingerprint density at radius 3 is 2.04 bits per heavy atom. The lowest BCUT2D eigenvalue weighted by atomic mass is 9.99. The molecular weight excluding hydrogens is 312 g/mol. The van der Waals surface area contributed by atoms with Gasteiger partial charge in [0.1, 0.15) is 0 Å². The molecule has 5 heteroatoms. The second-order valence-corrected chi connectivity index (χ2v) is 7.69. The van der Waals surface area contributed by atoms with Crippen molar-refractivity contribution in [2.24, 2.45) is 0 Å². The third-order valence-corrected chi connectivity index (χ3v) is 6.11. The second kappa shape index (κ2) is 7.24. The summed E-state index contributed by atoms with van der Waals surface area (Å²) in [7, 11) is 1.86. The SMILES string of the molecule is CN1CCN(c2ccc(N3CCC(N4CCCCC4)CC3)cc2)C1=O. The standard InChI is InChI=1S/C20H30N4O/c1-21-15-16-24(20(21)25)19-7-5-17(6-8-19)23-13-9-18(10-14-23)22-11-3-2-4-12-22/h5-8,18H,2-4,9-16H2,1H3. The lowest BCUT2D eigenvalue weighted by Crippen LogP contribution is -2.46. The molecule has 0 aliphatic carbocycles. The van der Waals surface area contributed by atoms with Crippen LogP contribution >= 0.6 is 0 Å². The summed E-state index contributed by atoms with van der Waals surface area (Å²) in [5.74, 6) is 0. The van der Waals surface area contributed by atoms with Gasteiger partial charge in [0, 0.05) is 50.6 Å². The Bertz CT molecular complexity index is 588. The van der Waals surface area contributed by atoms with E-state index >= 15 is 0 Å². The average Bonchev–Trinajstić information content (AvgIpc) is 3.02. The van der Waals surface area contributed by atoms with Crippen molar-refractivity contribution in [1.29, 1.82) is 0 Å². The van der Waals surface area contributed by atoms with Gasteiger partial charge in [-0.1, -0.05) is 6.42 Å². The highest BCUT2D eigenvalue weighted by molar-refractivity contribution is 5.94. The number of rotatable bonds is 3. The number of nitrogens with zero attached hydrogens (tertiary/aromatic N) is 4. The molecule has 0 aromatic heterocycles. The van der Waals surface area contributed by atoms with Gasteiger partial charge >= 0.3 is 6.03 Å². The fourth-order valence-electron chi connectivity index (χ4n) is 4.50. The number of hydrogen-bond donors (Lipinski definition) is 0. The molecule has 4 rings (SSSR count). The maximum atomic E-state index is 12.1. The van der Waals surface area contributed by atoms with Crippen LogP contribution in [-0.2, 0) is 0 Å². The van der Waals surface area contributed by atoms with Gasteiger partial charge in [-0.2, -0.15) is 0 Å². The number of piperidine rings is 2. The minimum Gasteiger partial charge on any atom is -0.371 e. The Balaban J connectivity index is 1.34. The van der Waals surface area contributed by atoms with Gasteiger partial charge in [0.05, 0.1) is 0 Å². The van der Waals surface area contributed by atoms with E-state index < -0.39 is 0 Å². The molecule has 25 heavy (non-hydrogen) atoms. The van der Waals surface area contributed by atoms with Crippen LogP contribution in [0.5, 0.6) is 0 Å². The van der Waals surface area contributed by atoms with Crippen molar-refractivity contribution >= 4 is 17.4 Å². The largest absolute Gasteiger partial charge is 0.371 e. The average molecular weight is 342 g/mol. The molecule has 3 saturated heterocycles. The van der Waals surface area contributed by atoms with E-state index in [2.05, 4.69) is 34.1 Å². The molecule has 0 radical (unpaired) electrons. The quantitative estimate of drug-likeness (QED) is 0.846. The molecule has 0 unspecified atom stereocenters. The lowest BCUT2D eigenvalue weighted by Gasteiger charge is -2.41. The van der Waals surface area contributed by atoms with E-state index in [0.29, 0.717) is 0 Å². The van der Waals surface area contributed by atoms with E-state index in [9.17, 15) is 4.79 Å². The van der Waals surface area contributed by atoms with Crippen LogP contribution < -0.4 is 9.80 Å². The molecule has 0 N–H and O–H groups in total. The number of carbonyl (C=O) groups excluding carboxylic acids is 1. The van der Waals surface area contributed by atoms with Gasteiger partial charge in [0.2, 0.25) is 0 Å². The fraction of sp³-hybridized carbons (Fsp3) is 0.650. The fourth-order valence-corrected chi connectivity index (χ4v) is 4.50. The van der Waals surface area contributed by atoms with Crippen molar-refractivity contribution in [1.82, 2.24) is 9.80 Å². The first kappa shape index (κ1) is 16.7. The lowest BCUT2D eigenvalue weighted by molar-refractivity contribution is 0.141. The summed E-state index contributed by atoms with van der Waals surface area (Å²) in [6.07, 6.45) is 6.73. The number of anilines is 2. The van der Waals surface area contributed by atoms with Crippen molar-refractivity contribution in [3.05, 3.63) is 24.3 Å². The topological polar surface area (TPSA) is 30.0 Å². The van der Waals surface area contributed by atoms with E-state index in [-0.39, 0.29) is 6.03 Å². The van der Waals surface area contributed by atoms with Crippen LogP contribution in [0.25, 0.3) is 0 Å². The minimum atomic E-state index is 0.107. The van der Waals surface area contributed by atoms with E-state index in [4.69, 9.17) is 0 Å². The molecular formula is C20H30N4O. The van der Waals surface area contributed by atoms with Crippen molar-refractivity contribution in [2.75, 3.05) is 56.1 Å². The zero-order valence-electron chi connectivity index (χ0n) is 15.4. The third-order valence-electron chi connectivity index (χ3n) is 6.11. The van der Waals surface area contributed by atoms with Crippen LogP contribution in [0, 0.1) is 0 Å². The number of likely N-dealkylation sites (N-methyl/N-ethyl adjacent to an activating group) is 1. The van der Waals surface area contributed by atoms with Crippen LogP contribution in [0.4, 0.5) is 16.2 Å². The first-order chi connectivity index (χ1) is 12.2. The first-order valence-corrected chi connectivity index (χ1v) is 9.84. The normalized spacial score (nSPS) is 23.6. The predicted molar refractivity (Wildman–Crippen MR) is 102 cm³/mol. The highest BCUT2D eigenvalue weighted by Gasteiger charge is 2.28. The summed E-state index contributed by atoms with van der Waals surface area (Å²) >= 11 is 0. The number of benzene rings is 1. The zero-order chi connectivity index (χ0) is 17.2. The van der Waals surface area contributed by atoms with Gasteiger partial charge in [0.15, 0.2) is 0 Å². The number of carbonyl (C=O) groups is 1. The molecule has 1 aromatic rings. The number of urea groups is 1. The molecule has 5 nitrogen and oxygen atoms in total. The molecule has 0 bridgehead atoms. The van der Waals surface area contributed by atoms with Crippen LogP contribution in [0.3, 0.4) is 0 Å². The van der Waals surface area contributed by atoms with Gasteiger partial charge in [0.25, 0.3) is 0 Å². The molecule has 1 aromatic carbocycles. The smallest absolute Gasteiger partial charge is 0.324 e. The number of likely N-dealkylation sites (tertiary alicyclic amines) is 1. The summed E-state index contributed by atoms with van der Waals surface area (Å²) in [4.78, 5) is 21.0. The Morgan fingerprint density at radius 2 is 1.44 bits per heavy atom. The second-order valence-electron chi connectivity index (χ2n) is 7.69. The Hall–Kier alpha value is -1.75. The molecule has 0 atom stereocenters. The predicted octanol–water partition coefficient (Wildman–Crippen LogP) is 3.01. The van der Waals surface area contributed by atoms with Gasteiger partial charge in [-0.05, 0) is 63.0 Å². The molecule has 3 aliphatic heterocycles. The Labute approximate surface area is 151 Å². The highest BCUT2D eigenvalue weighted by Crippen LogP contribution is 2.27. The molecule has 2 amide bonds. The van der Waals surface area contributed by atoms with Gasteiger partial charge in [-0.25, -0.2) is 4.79 Å². The van der Waals surface area contributed by atoms with Crippen molar-refractivity contribution < 1.29 is 4.79 Å². The molecule has 3 fully saturated rings. The number of amides is 2. The summed E-state index contributed by atoms with van der Waals surface area (Å²) in [5.41, 5.74) is 2.31. The van der Waals surface area contributed by atoms with Crippen LogP contribution in [0.1, 0.15) is 32.1 Å². The Morgan fingerprint density at radius 1 is 0.800 bits per heavy atom. The molecule has 0 saturated carbocycles. The Kier molecular flexibility index (Phi) is 4.84. The van der Waals surface area contributed by atoms with Crippen LogP contribution in [0.15, 0.2) is 24.3 Å². The van der Waals surface area contributed by atoms with Crippen LogP contribution in [0.2, 0.25) is 0 Å². The minimum absolute atomic E-state index is 0.107. The molecule has 0 spiro atoms. The molecule has 136 valence electrons. The monoisotopic (exact) mass is 342 g/mol. The molecule has 3 heterocycles. The van der Waals surface area contributed by atoms with E-state index in [1.165, 1.54) is 50.9 Å². The van der Waals surface area contributed by atoms with E-state index in [1.54, 1.807) is 4.90 Å². The summed E-state index contributed by atoms with van der Waals surface area (Å²) in [6.45, 7) is 6.49. The van der Waals surface area contributed by atoms with E-state index in [0.717, 1.165) is 37.9 Å². The first-order valence-electron chi connectivity index (χ1n) is 9.84. The van der Waals surface area contributed by atoms with Crippen molar-refractivity contribution in [3.8, 4) is 0 Å². The maximum absolute atomic E-state index is 12.1. The van der Waals surface area contributed by atoms with Crippen molar-refractivity contribution in [2.45, 2.75) is 38.1 Å². The highest BCUT2D eigenvalue weighted by atomic mass is 16.2. The van der Waals surface area contributed by atoms with Gasteiger partial charge < -0.3 is 14.7 Å². The number of hydrogen-bond acceptors (Lipinski definition) is 3. The van der Waals surface area contributed by atoms with E-state index in [1.807, 2.05) is 11.9 Å². The maximum Gasteiger partial charge on any atom is 0.324 e. The zero-order valence-corrected chi connectivity index (χ0v) is 15.4. The van der Waals surface area contributed by atoms with Crippen LogP contribution in [-0.4, -0.2) is 68.2 Å². The summed E-state index contributed by atoms with van der Waals surface area (Å²) in [6, 6.07) is 9.46. The van der Waals surface area contributed by atoms with Crippen molar-refractivity contribution in [3.63, 3.8) is 0 Å². The third kappa shape index (κ3) is 3.47. The summed E-state index contributed by atoms with van der Waals surface area (Å²) in [5, 5.41) is 0.